The van der Waals surface area contributed by atoms with Gasteiger partial charge in [-0.05, 0) is 82.6 Å². The molecule has 0 N–H and O–H groups in total. The van der Waals surface area contributed by atoms with Gasteiger partial charge in [-0.1, -0.05) is 140 Å². The van der Waals surface area contributed by atoms with Gasteiger partial charge in [0.25, 0.3) is 0 Å². The second-order valence-corrected chi connectivity index (χ2v) is 15.3. The van der Waals surface area contributed by atoms with Crippen LogP contribution in [0.2, 0.25) is 0 Å². The van der Waals surface area contributed by atoms with Gasteiger partial charge in [-0.25, -0.2) is 15.0 Å². The Hall–Kier alpha value is -6.95. The number of furan rings is 1. The predicted octanol–water partition coefficient (Wildman–Crippen LogP) is 14.2. The fourth-order valence-corrected chi connectivity index (χ4v) is 9.20. The van der Waals surface area contributed by atoms with Crippen LogP contribution in [0.15, 0.2) is 180 Å². The van der Waals surface area contributed by atoms with Crippen molar-refractivity contribution in [1.82, 2.24) is 15.0 Å². The Morgan fingerprint density at radius 2 is 1.07 bits per heavy atom. The Morgan fingerprint density at radius 1 is 0.446 bits per heavy atom. The van der Waals surface area contributed by atoms with E-state index in [9.17, 15) is 0 Å². The zero-order chi connectivity index (χ0) is 37.0. The van der Waals surface area contributed by atoms with Crippen molar-refractivity contribution in [3.05, 3.63) is 182 Å². The fraction of sp³-hybridized carbons (Fsp3) is 0.0392. The highest BCUT2D eigenvalue weighted by atomic mass is 32.1. The molecule has 11 rings (SSSR count). The van der Waals surface area contributed by atoms with Crippen molar-refractivity contribution in [2.45, 2.75) is 12.8 Å². The van der Waals surface area contributed by atoms with Crippen LogP contribution in [0.3, 0.4) is 0 Å². The van der Waals surface area contributed by atoms with Crippen molar-refractivity contribution in [2.24, 2.45) is 0 Å². The van der Waals surface area contributed by atoms with Crippen LogP contribution >= 0.6 is 11.3 Å². The summed E-state index contributed by atoms with van der Waals surface area (Å²) in [5.41, 5.74) is 11.5. The Kier molecular flexibility index (Phi) is 7.78. The number of benzene rings is 7. The number of nitrogens with zero attached hydrogens (tertiary/aromatic N) is 3. The lowest BCUT2D eigenvalue weighted by Gasteiger charge is -2.17. The standard InChI is InChI=1S/C51H33N3OS/c1-4-14-32(15-5-1)33-24-26-36(27-25-33)50-52-49(35-18-8-3-9-19-35)53-51(54-50)37-28-43(48-39-21-10-12-22-44(39)55-45(48)29-37)41-30-42-38-20-11-13-23-46(38)56-47(42)31-40(41)34-16-6-2-7-17-34/h1-6,8-16,18-31H,7,17H2. The fourth-order valence-electron chi connectivity index (χ4n) is 8.08. The largest absolute Gasteiger partial charge is 0.456 e. The SMILES string of the molecule is C1=CCCC(c2cc3sc4ccccc4c3cc2-c2cc(-c3nc(-c4ccccc4)nc(-c4ccc(-c5ccccc5)cc4)n3)cc3oc4ccccc4c23)=C1. The first-order valence-corrected chi connectivity index (χ1v) is 19.8. The third kappa shape index (κ3) is 5.64. The van der Waals surface area contributed by atoms with Crippen molar-refractivity contribution in [3.63, 3.8) is 0 Å². The monoisotopic (exact) mass is 735 g/mol. The van der Waals surface area contributed by atoms with Gasteiger partial charge in [0.05, 0.1) is 0 Å². The lowest BCUT2D eigenvalue weighted by molar-refractivity contribution is 0.669. The molecule has 3 aromatic heterocycles. The molecule has 0 saturated heterocycles. The molecule has 0 amide bonds. The van der Waals surface area contributed by atoms with E-state index < -0.39 is 0 Å². The van der Waals surface area contributed by atoms with Crippen LogP contribution in [0.5, 0.6) is 0 Å². The highest BCUT2D eigenvalue weighted by Crippen LogP contribution is 2.46. The van der Waals surface area contributed by atoms with E-state index in [1.165, 1.54) is 42.4 Å². The molecule has 5 heteroatoms. The summed E-state index contributed by atoms with van der Waals surface area (Å²) in [7, 11) is 0. The zero-order valence-electron chi connectivity index (χ0n) is 30.3. The van der Waals surface area contributed by atoms with E-state index in [-0.39, 0.29) is 0 Å². The molecule has 0 atom stereocenters. The van der Waals surface area contributed by atoms with Crippen LogP contribution in [-0.2, 0) is 0 Å². The molecule has 7 aromatic carbocycles. The Balaban J connectivity index is 1.17. The third-order valence-electron chi connectivity index (χ3n) is 10.8. The second kappa shape index (κ2) is 13.4. The van der Waals surface area contributed by atoms with E-state index in [1.807, 2.05) is 53.8 Å². The number of hydrogen-bond donors (Lipinski definition) is 0. The predicted molar refractivity (Wildman–Crippen MR) is 234 cm³/mol. The maximum atomic E-state index is 6.69. The van der Waals surface area contributed by atoms with E-state index >= 15 is 0 Å². The summed E-state index contributed by atoms with van der Waals surface area (Å²) in [6.45, 7) is 0. The quantitative estimate of drug-likeness (QED) is 0.171. The van der Waals surface area contributed by atoms with Crippen LogP contribution in [-0.4, -0.2) is 15.0 Å². The number of para-hydroxylation sites is 1. The highest BCUT2D eigenvalue weighted by Gasteiger charge is 2.22. The smallest absolute Gasteiger partial charge is 0.164 e. The van der Waals surface area contributed by atoms with Crippen molar-refractivity contribution in [1.29, 1.82) is 0 Å². The van der Waals surface area contributed by atoms with Gasteiger partial charge in [0.1, 0.15) is 11.2 Å². The Morgan fingerprint density at radius 3 is 1.82 bits per heavy atom. The molecule has 0 fully saturated rings. The minimum Gasteiger partial charge on any atom is -0.456 e. The lowest BCUT2D eigenvalue weighted by atomic mass is 9.87. The molecule has 1 aliphatic carbocycles. The molecular formula is C51H33N3OS. The van der Waals surface area contributed by atoms with E-state index in [2.05, 4.69) is 133 Å². The van der Waals surface area contributed by atoms with Crippen LogP contribution < -0.4 is 0 Å². The van der Waals surface area contributed by atoms with E-state index in [4.69, 9.17) is 19.4 Å². The van der Waals surface area contributed by atoms with E-state index in [0.717, 1.165) is 62.6 Å². The summed E-state index contributed by atoms with van der Waals surface area (Å²) >= 11 is 1.86. The van der Waals surface area contributed by atoms with Crippen molar-refractivity contribution < 1.29 is 4.42 Å². The molecule has 0 radical (unpaired) electrons. The maximum absolute atomic E-state index is 6.69. The van der Waals surface area contributed by atoms with E-state index in [0.29, 0.717) is 17.5 Å². The molecule has 0 bridgehead atoms. The molecule has 10 aromatic rings. The van der Waals surface area contributed by atoms with E-state index in [1.54, 1.807) is 0 Å². The van der Waals surface area contributed by atoms with Gasteiger partial charge >= 0.3 is 0 Å². The number of thiophene rings is 1. The topological polar surface area (TPSA) is 51.8 Å². The molecule has 0 unspecified atom stereocenters. The van der Waals surface area contributed by atoms with Crippen molar-refractivity contribution >= 4 is 59.0 Å². The number of hydrogen-bond acceptors (Lipinski definition) is 5. The highest BCUT2D eigenvalue weighted by molar-refractivity contribution is 7.25. The van der Waals surface area contributed by atoms with Gasteiger partial charge in [-0.15, -0.1) is 11.3 Å². The molecule has 0 saturated carbocycles. The Bertz CT molecular complexity index is 3170. The summed E-state index contributed by atoms with van der Waals surface area (Å²) in [5.74, 6) is 1.83. The first-order valence-electron chi connectivity index (χ1n) is 19.0. The van der Waals surface area contributed by atoms with Crippen LogP contribution in [0.4, 0.5) is 0 Å². The van der Waals surface area contributed by atoms with Crippen molar-refractivity contribution in [2.75, 3.05) is 0 Å². The first-order chi connectivity index (χ1) is 27.7. The molecule has 3 heterocycles. The average Bonchev–Trinajstić information content (AvgIpc) is 3.84. The molecule has 56 heavy (non-hydrogen) atoms. The maximum Gasteiger partial charge on any atom is 0.164 e. The number of fused-ring (bicyclic) bond motifs is 6. The summed E-state index contributed by atoms with van der Waals surface area (Å²) in [5, 5.41) is 4.71. The second-order valence-electron chi connectivity index (χ2n) is 14.3. The zero-order valence-corrected chi connectivity index (χ0v) is 31.1. The minimum absolute atomic E-state index is 0.591. The lowest BCUT2D eigenvalue weighted by Crippen LogP contribution is -2.00. The summed E-state index contributed by atoms with van der Waals surface area (Å²) in [6.07, 6.45) is 8.73. The minimum atomic E-state index is 0.591. The first kappa shape index (κ1) is 32.5. The van der Waals surface area contributed by atoms with Gasteiger partial charge in [0.15, 0.2) is 17.5 Å². The van der Waals surface area contributed by atoms with Crippen LogP contribution in [0, 0.1) is 0 Å². The summed E-state index contributed by atoms with van der Waals surface area (Å²) in [4.78, 5) is 15.4. The normalized spacial score (nSPS) is 12.9. The summed E-state index contributed by atoms with van der Waals surface area (Å²) < 4.78 is 9.27. The van der Waals surface area contributed by atoms with Crippen LogP contribution in [0.1, 0.15) is 18.4 Å². The average molecular weight is 736 g/mol. The number of aromatic nitrogens is 3. The molecule has 4 nitrogen and oxygen atoms in total. The molecule has 0 spiro atoms. The third-order valence-corrected chi connectivity index (χ3v) is 12.0. The van der Waals surface area contributed by atoms with Crippen LogP contribution in [0.25, 0.3) is 104 Å². The Labute approximate surface area is 327 Å². The van der Waals surface area contributed by atoms with Gasteiger partial charge in [0.2, 0.25) is 0 Å². The van der Waals surface area contributed by atoms with Crippen molar-refractivity contribution in [3.8, 4) is 56.4 Å². The number of rotatable bonds is 6. The van der Waals surface area contributed by atoms with Gasteiger partial charge in [0, 0.05) is 47.6 Å². The molecule has 1 aliphatic rings. The van der Waals surface area contributed by atoms with Gasteiger partial charge in [-0.2, -0.15) is 0 Å². The molecular weight excluding hydrogens is 703 g/mol. The molecule has 264 valence electrons. The van der Waals surface area contributed by atoms with Gasteiger partial charge < -0.3 is 4.42 Å². The molecule has 0 aliphatic heterocycles. The summed E-state index contributed by atoms with van der Waals surface area (Å²) in [6, 6.07) is 55.3. The van der Waals surface area contributed by atoms with Gasteiger partial charge in [-0.3, -0.25) is 0 Å². The number of allylic oxidation sites excluding steroid dienone is 4.